The molecule has 0 spiro atoms. The van der Waals surface area contributed by atoms with E-state index in [-0.39, 0.29) is 18.6 Å². The molecule has 0 radical (unpaired) electrons. The van der Waals surface area contributed by atoms with Crippen LogP contribution in [-0.4, -0.2) is 48.8 Å². The van der Waals surface area contributed by atoms with Gasteiger partial charge >= 0.3 is 0 Å². The normalized spacial score (nSPS) is 14.6. The number of aliphatic hydroxyl groups excluding tert-OH is 1. The third-order valence-corrected chi connectivity index (χ3v) is 6.91. The monoisotopic (exact) mass is 496 g/mol. The topological polar surface area (TPSA) is 110 Å². The van der Waals surface area contributed by atoms with Gasteiger partial charge in [0.2, 0.25) is 5.91 Å². The fraction of sp³-hybridized carbons (Fsp3) is 0.310. The van der Waals surface area contributed by atoms with Crippen LogP contribution in [0.25, 0.3) is 33.6 Å². The predicted octanol–water partition coefficient (Wildman–Crippen LogP) is 4.41. The highest BCUT2D eigenvalue weighted by Crippen LogP contribution is 2.35. The van der Waals surface area contributed by atoms with Crippen LogP contribution in [-0.2, 0) is 11.4 Å². The van der Waals surface area contributed by atoms with Crippen LogP contribution in [0.1, 0.15) is 56.1 Å². The molecule has 0 fully saturated rings. The van der Waals surface area contributed by atoms with Crippen molar-refractivity contribution in [1.82, 2.24) is 24.6 Å². The van der Waals surface area contributed by atoms with Gasteiger partial charge in [-0.25, -0.2) is 9.67 Å². The van der Waals surface area contributed by atoms with Gasteiger partial charge in [0.1, 0.15) is 0 Å². The largest absolute Gasteiger partial charge is 0.390 e. The number of aliphatic hydroxyl groups is 1. The summed E-state index contributed by atoms with van der Waals surface area (Å²) >= 11 is 0. The average molecular weight is 497 g/mol. The van der Waals surface area contributed by atoms with Crippen LogP contribution in [0.4, 0.5) is 0 Å². The molecular formula is C29H32N6O2. The average Bonchev–Trinajstić information content (AvgIpc) is 3.37. The highest BCUT2D eigenvalue weighted by Gasteiger charge is 2.20. The number of hydrogen-bond acceptors (Lipinski definition) is 6. The second kappa shape index (κ2) is 10.6. The highest BCUT2D eigenvalue weighted by molar-refractivity contribution is 5.96. The van der Waals surface area contributed by atoms with E-state index in [0.717, 1.165) is 52.7 Å². The van der Waals surface area contributed by atoms with E-state index in [1.807, 2.05) is 41.4 Å². The number of benzene rings is 1. The van der Waals surface area contributed by atoms with Gasteiger partial charge in [-0.05, 0) is 60.4 Å². The number of pyridine rings is 2. The summed E-state index contributed by atoms with van der Waals surface area (Å²) in [6.07, 6.45) is 6.62. The minimum Gasteiger partial charge on any atom is -0.390 e. The fourth-order valence-electron chi connectivity index (χ4n) is 4.87. The second-order valence-corrected chi connectivity index (χ2v) is 9.45. The summed E-state index contributed by atoms with van der Waals surface area (Å²) in [4.78, 5) is 23.2. The highest BCUT2D eigenvalue weighted by atomic mass is 16.3. The van der Waals surface area contributed by atoms with Crippen LogP contribution in [0.2, 0.25) is 0 Å². The summed E-state index contributed by atoms with van der Waals surface area (Å²) in [5.74, 6) is 0.720. The Labute approximate surface area is 216 Å². The van der Waals surface area contributed by atoms with Crippen molar-refractivity contribution in [3.05, 3.63) is 77.8 Å². The van der Waals surface area contributed by atoms with Crippen molar-refractivity contribution in [3.63, 3.8) is 0 Å². The molecule has 4 heterocycles. The van der Waals surface area contributed by atoms with E-state index >= 15 is 0 Å². The molecule has 37 heavy (non-hydrogen) atoms. The SMILES string of the molecule is CCC[C@H](N)c1cccc(-c2cc(C3=CCN(C(C)=O)CC3)c3cnn(-c4cccc(CO)n4)c3c2)n1. The molecule has 1 amide bonds. The summed E-state index contributed by atoms with van der Waals surface area (Å²) in [7, 11) is 0. The van der Waals surface area contributed by atoms with Gasteiger partial charge < -0.3 is 15.7 Å². The van der Waals surface area contributed by atoms with Gasteiger partial charge in [0, 0.05) is 37.0 Å². The van der Waals surface area contributed by atoms with Crippen molar-refractivity contribution in [3.8, 4) is 17.1 Å². The van der Waals surface area contributed by atoms with E-state index in [0.29, 0.717) is 24.6 Å². The summed E-state index contributed by atoms with van der Waals surface area (Å²) in [6.45, 7) is 4.86. The van der Waals surface area contributed by atoms with E-state index in [9.17, 15) is 9.90 Å². The maximum atomic E-state index is 11.9. The van der Waals surface area contributed by atoms with Crippen molar-refractivity contribution in [2.24, 2.45) is 5.73 Å². The van der Waals surface area contributed by atoms with Gasteiger partial charge in [-0.1, -0.05) is 31.6 Å². The van der Waals surface area contributed by atoms with E-state index in [4.69, 9.17) is 10.7 Å². The van der Waals surface area contributed by atoms with Crippen molar-refractivity contribution >= 4 is 22.4 Å². The smallest absolute Gasteiger partial charge is 0.219 e. The van der Waals surface area contributed by atoms with Gasteiger partial charge in [-0.3, -0.25) is 9.78 Å². The zero-order valence-electron chi connectivity index (χ0n) is 21.3. The Hall–Kier alpha value is -3.88. The third kappa shape index (κ3) is 5.03. The molecule has 3 N–H and O–H groups in total. The standard InChI is InChI=1S/C29H32N6O2/c1-3-6-25(30)27-9-5-8-26(33-27)21-15-23(20-11-13-34(14-12-20)19(2)37)24-17-31-35(28(24)16-21)29-10-4-7-22(18-36)32-29/h4-5,7-11,15-17,25,36H,3,6,12-14,18,30H2,1-2H3/t25-/m0/s1. The van der Waals surface area contributed by atoms with Crippen molar-refractivity contribution in [1.29, 1.82) is 0 Å². The molecule has 0 unspecified atom stereocenters. The molecule has 0 aliphatic carbocycles. The first-order chi connectivity index (χ1) is 18.0. The number of carbonyl (C=O) groups is 1. The number of nitrogens with two attached hydrogens (primary N) is 1. The molecule has 190 valence electrons. The quantitative estimate of drug-likeness (QED) is 0.392. The predicted molar refractivity (Wildman–Crippen MR) is 145 cm³/mol. The molecule has 3 aromatic heterocycles. The fourth-order valence-corrected chi connectivity index (χ4v) is 4.87. The first-order valence-corrected chi connectivity index (χ1v) is 12.7. The molecule has 1 atom stereocenters. The number of rotatable bonds is 7. The summed E-state index contributed by atoms with van der Waals surface area (Å²) < 4.78 is 1.80. The number of carbonyl (C=O) groups excluding carboxylic acids is 1. The Morgan fingerprint density at radius 1 is 1.16 bits per heavy atom. The van der Waals surface area contributed by atoms with Gasteiger partial charge in [0.25, 0.3) is 0 Å². The van der Waals surface area contributed by atoms with E-state index in [2.05, 4.69) is 35.2 Å². The Morgan fingerprint density at radius 2 is 2.00 bits per heavy atom. The van der Waals surface area contributed by atoms with Gasteiger partial charge in [-0.2, -0.15) is 5.10 Å². The minimum atomic E-state index is -0.141. The number of nitrogens with zero attached hydrogens (tertiary/aromatic N) is 5. The number of hydrogen-bond donors (Lipinski definition) is 2. The maximum absolute atomic E-state index is 11.9. The molecule has 1 aromatic carbocycles. The van der Waals surface area contributed by atoms with E-state index in [1.165, 1.54) is 5.57 Å². The van der Waals surface area contributed by atoms with Crippen molar-refractivity contribution in [2.75, 3.05) is 13.1 Å². The van der Waals surface area contributed by atoms with Crippen LogP contribution in [0, 0.1) is 0 Å². The minimum absolute atomic E-state index is 0.0845. The summed E-state index contributed by atoms with van der Waals surface area (Å²) in [5.41, 5.74) is 12.8. The van der Waals surface area contributed by atoms with Crippen LogP contribution < -0.4 is 5.73 Å². The zero-order chi connectivity index (χ0) is 25.9. The van der Waals surface area contributed by atoms with Crippen LogP contribution in [0.15, 0.2) is 60.8 Å². The number of aromatic nitrogens is 4. The van der Waals surface area contributed by atoms with E-state index in [1.54, 1.807) is 17.7 Å². The number of fused-ring (bicyclic) bond motifs is 1. The zero-order valence-corrected chi connectivity index (χ0v) is 21.3. The second-order valence-electron chi connectivity index (χ2n) is 9.45. The molecule has 0 saturated carbocycles. The lowest BCUT2D eigenvalue weighted by Crippen LogP contribution is -2.32. The molecular weight excluding hydrogens is 464 g/mol. The van der Waals surface area contributed by atoms with Gasteiger partial charge in [-0.15, -0.1) is 0 Å². The Balaban J connectivity index is 1.67. The third-order valence-electron chi connectivity index (χ3n) is 6.91. The van der Waals surface area contributed by atoms with Crippen LogP contribution in [0.3, 0.4) is 0 Å². The molecule has 0 saturated heterocycles. The Kier molecular flexibility index (Phi) is 7.12. The maximum Gasteiger partial charge on any atom is 0.219 e. The van der Waals surface area contributed by atoms with Crippen LogP contribution in [0.5, 0.6) is 0 Å². The molecule has 8 heteroatoms. The summed E-state index contributed by atoms with van der Waals surface area (Å²) in [6, 6.07) is 15.7. The number of amides is 1. The van der Waals surface area contributed by atoms with E-state index < -0.39 is 0 Å². The first-order valence-electron chi connectivity index (χ1n) is 12.7. The van der Waals surface area contributed by atoms with Gasteiger partial charge in [0.15, 0.2) is 5.82 Å². The molecule has 1 aliphatic heterocycles. The van der Waals surface area contributed by atoms with Crippen molar-refractivity contribution < 1.29 is 9.90 Å². The first kappa shape index (κ1) is 24.8. The van der Waals surface area contributed by atoms with Crippen LogP contribution >= 0.6 is 0 Å². The van der Waals surface area contributed by atoms with Gasteiger partial charge in [0.05, 0.1) is 35.4 Å². The molecule has 8 nitrogen and oxygen atoms in total. The molecule has 4 aromatic rings. The Morgan fingerprint density at radius 3 is 2.73 bits per heavy atom. The molecule has 1 aliphatic rings. The molecule has 0 bridgehead atoms. The Bertz CT molecular complexity index is 1470. The lowest BCUT2D eigenvalue weighted by Gasteiger charge is -2.26. The van der Waals surface area contributed by atoms with Crippen molar-refractivity contribution in [2.45, 2.75) is 45.8 Å². The summed E-state index contributed by atoms with van der Waals surface area (Å²) in [5, 5.41) is 15.3. The lowest BCUT2D eigenvalue weighted by molar-refractivity contribution is -0.128. The molecule has 5 rings (SSSR count). The lowest BCUT2D eigenvalue weighted by atomic mass is 9.93.